The number of carbonyl (C=O) groups excluding carboxylic acids is 1. The number of hydrogen-bond donors (Lipinski definition) is 2. The number of para-hydroxylation sites is 1. The van der Waals surface area contributed by atoms with Crippen LogP contribution in [-0.4, -0.2) is 22.0 Å². The quantitative estimate of drug-likeness (QED) is 0.564. The standard InChI is InChI=1S/C18H19N5O2/c1-12-9-15(14(3)23(12)17-10-13(2)25-22-17)11-19-21-18(24)20-16-7-5-4-6-8-16/h4-11H,1-3H3,(H2,20,21,24)/b19-11-. The van der Waals surface area contributed by atoms with Gasteiger partial charge in [-0.3, -0.25) is 4.57 Å². The van der Waals surface area contributed by atoms with Gasteiger partial charge >= 0.3 is 6.03 Å². The highest BCUT2D eigenvalue weighted by molar-refractivity contribution is 5.90. The fourth-order valence-electron chi connectivity index (χ4n) is 2.57. The van der Waals surface area contributed by atoms with Crippen molar-refractivity contribution >= 4 is 17.9 Å². The molecule has 7 nitrogen and oxygen atoms in total. The summed E-state index contributed by atoms with van der Waals surface area (Å²) < 4.78 is 7.11. The number of amides is 2. The summed E-state index contributed by atoms with van der Waals surface area (Å²) in [6.07, 6.45) is 1.61. The molecule has 2 N–H and O–H groups in total. The van der Waals surface area contributed by atoms with E-state index in [1.807, 2.05) is 55.7 Å². The summed E-state index contributed by atoms with van der Waals surface area (Å²) in [5, 5.41) is 10.7. The van der Waals surface area contributed by atoms with E-state index >= 15 is 0 Å². The normalized spacial score (nSPS) is 11.0. The van der Waals surface area contributed by atoms with Crippen molar-refractivity contribution in [3.8, 4) is 5.82 Å². The highest BCUT2D eigenvalue weighted by Gasteiger charge is 2.12. The van der Waals surface area contributed by atoms with Crippen LogP contribution in [0.2, 0.25) is 0 Å². The number of rotatable bonds is 4. The Morgan fingerprint density at radius 2 is 1.96 bits per heavy atom. The molecular formula is C18H19N5O2. The first-order valence-electron chi connectivity index (χ1n) is 7.82. The van der Waals surface area contributed by atoms with Crippen LogP contribution in [0.25, 0.3) is 5.82 Å². The first kappa shape index (κ1) is 16.5. The minimum atomic E-state index is -0.400. The van der Waals surface area contributed by atoms with Crippen LogP contribution in [0.5, 0.6) is 0 Å². The zero-order valence-electron chi connectivity index (χ0n) is 14.3. The van der Waals surface area contributed by atoms with E-state index in [0.717, 1.165) is 28.5 Å². The number of nitrogens with zero attached hydrogens (tertiary/aromatic N) is 3. The maximum atomic E-state index is 11.8. The third-order valence-corrected chi connectivity index (χ3v) is 3.72. The predicted molar refractivity (Wildman–Crippen MR) is 96.2 cm³/mol. The minimum Gasteiger partial charge on any atom is -0.360 e. The molecule has 0 aliphatic rings. The van der Waals surface area contributed by atoms with Gasteiger partial charge in [0, 0.05) is 28.7 Å². The molecule has 0 aliphatic heterocycles. The van der Waals surface area contributed by atoms with Crippen LogP contribution >= 0.6 is 0 Å². The second-order valence-corrected chi connectivity index (χ2v) is 5.65. The molecule has 2 aromatic heterocycles. The number of hydrazone groups is 1. The number of aromatic nitrogens is 2. The van der Waals surface area contributed by atoms with Gasteiger partial charge in [0.2, 0.25) is 0 Å². The minimum absolute atomic E-state index is 0.400. The van der Waals surface area contributed by atoms with Crippen molar-refractivity contribution in [1.82, 2.24) is 15.1 Å². The molecule has 0 aliphatic carbocycles. The second kappa shape index (κ2) is 7.04. The van der Waals surface area contributed by atoms with Crippen LogP contribution in [0.3, 0.4) is 0 Å². The van der Waals surface area contributed by atoms with E-state index in [0.29, 0.717) is 5.69 Å². The molecule has 128 valence electrons. The summed E-state index contributed by atoms with van der Waals surface area (Å²) in [7, 11) is 0. The SMILES string of the molecule is Cc1cc(-n2c(C)cc(/C=N\NC(=O)Nc3ccccc3)c2C)no1. The molecule has 0 radical (unpaired) electrons. The Morgan fingerprint density at radius 3 is 2.64 bits per heavy atom. The molecule has 0 fully saturated rings. The van der Waals surface area contributed by atoms with Gasteiger partial charge in [-0.1, -0.05) is 23.4 Å². The number of carbonyl (C=O) groups is 1. The molecule has 0 spiro atoms. The molecule has 0 bridgehead atoms. The monoisotopic (exact) mass is 337 g/mol. The maximum absolute atomic E-state index is 11.8. The Kier molecular flexibility index (Phi) is 4.65. The summed E-state index contributed by atoms with van der Waals surface area (Å²) >= 11 is 0. The van der Waals surface area contributed by atoms with Gasteiger partial charge in [0.25, 0.3) is 0 Å². The molecule has 1 aromatic carbocycles. The van der Waals surface area contributed by atoms with Crippen molar-refractivity contribution < 1.29 is 9.32 Å². The molecule has 3 aromatic rings. The highest BCUT2D eigenvalue weighted by atomic mass is 16.5. The number of nitrogens with one attached hydrogen (secondary N) is 2. The Hall–Kier alpha value is -3.35. The van der Waals surface area contributed by atoms with Crippen LogP contribution in [0, 0.1) is 20.8 Å². The molecule has 3 rings (SSSR count). The van der Waals surface area contributed by atoms with Crippen molar-refractivity contribution in [2.45, 2.75) is 20.8 Å². The van der Waals surface area contributed by atoms with Gasteiger partial charge < -0.3 is 9.84 Å². The average molecular weight is 337 g/mol. The van der Waals surface area contributed by atoms with Crippen LogP contribution < -0.4 is 10.7 Å². The third kappa shape index (κ3) is 3.77. The van der Waals surface area contributed by atoms with Gasteiger partial charge in [-0.05, 0) is 39.0 Å². The van der Waals surface area contributed by atoms with Crippen molar-refractivity contribution in [1.29, 1.82) is 0 Å². The van der Waals surface area contributed by atoms with Crippen LogP contribution in [-0.2, 0) is 0 Å². The van der Waals surface area contributed by atoms with E-state index in [1.165, 1.54) is 0 Å². The zero-order valence-corrected chi connectivity index (χ0v) is 14.3. The van der Waals surface area contributed by atoms with Crippen LogP contribution in [0.1, 0.15) is 22.7 Å². The summed E-state index contributed by atoms with van der Waals surface area (Å²) in [6.45, 7) is 5.79. The molecular weight excluding hydrogens is 318 g/mol. The van der Waals surface area contributed by atoms with Crippen molar-refractivity contribution in [3.05, 3.63) is 65.2 Å². The van der Waals surface area contributed by atoms with E-state index in [4.69, 9.17) is 4.52 Å². The fraction of sp³-hybridized carbons (Fsp3) is 0.167. The molecule has 2 amide bonds. The average Bonchev–Trinajstić information content (AvgIpc) is 3.12. The number of benzene rings is 1. The summed E-state index contributed by atoms with van der Waals surface area (Å²) in [6, 6.07) is 12.6. The number of urea groups is 1. The van der Waals surface area contributed by atoms with E-state index in [2.05, 4.69) is 21.0 Å². The predicted octanol–water partition coefficient (Wildman–Crippen LogP) is 3.55. The smallest absolute Gasteiger partial charge is 0.339 e. The van der Waals surface area contributed by atoms with E-state index < -0.39 is 6.03 Å². The van der Waals surface area contributed by atoms with Gasteiger partial charge in [0.05, 0.1) is 6.21 Å². The van der Waals surface area contributed by atoms with Crippen molar-refractivity contribution in [2.75, 3.05) is 5.32 Å². The largest absolute Gasteiger partial charge is 0.360 e. The fourth-order valence-corrected chi connectivity index (χ4v) is 2.57. The lowest BCUT2D eigenvalue weighted by atomic mass is 10.3. The summed E-state index contributed by atoms with van der Waals surface area (Å²) in [5.74, 6) is 1.47. The lowest BCUT2D eigenvalue weighted by Gasteiger charge is -2.04. The molecule has 25 heavy (non-hydrogen) atoms. The van der Waals surface area contributed by atoms with E-state index in [9.17, 15) is 4.79 Å². The Labute approximate surface area is 145 Å². The molecule has 0 unspecified atom stereocenters. The summed E-state index contributed by atoms with van der Waals surface area (Å²) in [4.78, 5) is 11.8. The van der Waals surface area contributed by atoms with Gasteiger partial charge in [0.1, 0.15) is 5.76 Å². The Bertz CT molecular complexity index is 909. The Morgan fingerprint density at radius 1 is 1.20 bits per heavy atom. The molecule has 0 saturated carbocycles. The van der Waals surface area contributed by atoms with Crippen LogP contribution in [0.4, 0.5) is 10.5 Å². The van der Waals surface area contributed by atoms with Gasteiger partial charge in [-0.25, -0.2) is 10.2 Å². The zero-order chi connectivity index (χ0) is 17.8. The topological polar surface area (TPSA) is 84.5 Å². The number of anilines is 1. The number of hydrogen-bond acceptors (Lipinski definition) is 4. The lowest BCUT2D eigenvalue weighted by molar-refractivity contribution is 0.252. The maximum Gasteiger partial charge on any atom is 0.339 e. The van der Waals surface area contributed by atoms with Gasteiger partial charge in [-0.15, -0.1) is 0 Å². The molecule has 0 saturated heterocycles. The third-order valence-electron chi connectivity index (χ3n) is 3.72. The first-order valence-corrected chi connectivity index (χ1v) is 7.82. The van der Waals surface area contributed by atoms with E-state index in [-0.39, 0.29) is 0 Å². The van der Waals surface area contributed by atoms with Crippen molar-refractivity contribution in [2.24, 2.45) is 5.10 Å². The molecule has 0 atom stereocenters. The Balaban J connectivity index is 1.69. The van der Waals surface area contributed by atoms with E-state index in [1.54, 1.807) is 18.3 Å². The highest BCUT2D eigenvalue weighted by Crippen LogP contribution is 2.19. The second-order valence-electron chi connectivity index (χ2n) is 5.65. The molecule has 2 heterocycles. The van der Waals surface area contributed by atoms with Crippen LogP contribution in [0.15, 0.2) is 52.1 Å². The first-order chi connectivity index (χ1) is 12.0. The lowest BCUT2D eigenvalue weighted by Crippen LogP contribution is -2.24. The molecule has 7 heteroatoms. The van der Waals surface area contributed by atoms with Gasteiger partial charge in [0.15, 0.2) is 5.82 Å². The van der Waals surface area contributed by atoms with Gasteiger partial charge in [-0.2, -0.15) is 5.10 Å². The van der Waals surface area contributed by atoms with Crippen molar-refractivity contribution in [3.63, 3.8) is 0 Å². The summed E-state index contributed by atoms with van der Waals surface area (Å²) in [5.41, 5.74) is 6.01. The number of aryl methyl sites for hydroxylation is 2.